The number of nitrogens with one attached hydrogen (secondary N) is 1. The third-order valence-corrected chi connectivity index (χ3v) is 4.42. The molecule has 4 heteroatoms. The Labute approximate surface area is 128 Å². The summed E-state index contributed by atoms with van der Waals surface area (Å²) in [5.74, 6) is -0.150. The fraction of sp³-hybridized carbons (Fsp3) is 0.294. The molecule has 0 saturated carbocycles. The van der Waals surface area contributed by atoms with Crippen LogP contribution in [-0.4, -0.2) is 12.8 Å². The number of hydrogen-bond donors (Lipinski definition) is 1. The highest BCUT2D eigenvalue weighted by Crippen LogP contribution is 2.28. The third-order valence-electron chi connectivity index (χ3n) is 3.29. The average Bonchev–Trinajstić information content (AvgIpc) is 2.42. The molecule has 0 bridgehead atoms. The highest BCUT2D eigenvalue weighted by Gasteiger charge is 2.13. The molecule has 0 aliphatic carbocycles. The molecule has 0 aliphatic rings. The van der Waals surface area contributed by atoms with E-state index >= 15 is 0 Å². The molecule has 21 heavy (non-hydrogen) atoms. The summed E-state index contributed by atoms with van der Waals surface area (Å²) in [6, 6.07) is 10.0. The molecule has 2 aromatic rings. The Kier molecular flexibility index (Phi) is 5.37. The van der Waals surface area contributed by atoms with Crippen molar-refractivity contribution in [3.63, 3.8) is 0 Å². The van der Waals surface area contributed by atoms with E-state index in [1.807, 2.05) is 7.05 Å². The van der Waals surface area contributed by atoms with Gasteiger partial charge >= 0.3 is 0 Å². The number of hydrogen-bond acceptors (Lipinski definition) is 2. The van der Waals surface area contributed by atoms with Crippen molar-refractivity contribution in [1.29, 1.82) is 0 Å². The van der Waals surface area contributed by atoms with Gasteiger partial charge < -0.3 is 5.32 Å². The molecular formula is C17H19F2NS. The van der Waals surface area contributed by atoms with Crippen molar-refractivity contribution < 1.29 is 8.78 Å². The summed E-state index contributed by atoms with van der Waals surface area (Å²) in [5.41, 5.74) is 3.57. The Hall–Kier alpha value is -1.39. The van der Waals surface area contributed by atoms with Crippen molar-refractivity contribution in [2.24, 2.45) is 0 Å². The Morgan fingerprint density at radius 2 is 1.71 bits per heavy atom. The van der Waals surface area contributed by atoms with Gasteiger partial charge in [-0.3, -0.25) is 0 Å². The van der Waals surface area contributed by atoms with Gasteiger partial charge in [0.2, 0.25) is 0 Å². The quantitative estimate of drug-likeness (QED) is 0.808. The average molecular weight is 307 g/mol. The Morgan fingerprint density at radius 1 is 1.05 bits per heavy atom. The Morgan fingerprint density at radius 3 is 2.33 bits per heavy atom. The monoisotopic (exact) mass is 307 g/mol. The van der Waals surface area contributed by atoms with E-state index in [1.165, 1.54) is 40.6 Å². The zero-order chi connectivity index (χ0) is 15.4. The molecule has 2 rings (SSSR count). The van der Waals surface area contributed by atoms with Crippen molar-refractivity contribution in [3.05, 3.63) is 64.7 Å². The van der Waals surface area contributed by atoms with Crippen molar-refractivity contribution >= 4 is 11.8 Å². The number of benzene rings is 2. The highest BCUT2D eigenvalue weighted by atomic mass is 32.2. The van der Waals surface area contributed by atoms with Gasteiger partial charge in [0.15, 0.2) is 0 Å². The maximum absolute atomic E-state index is 13.6. The third kappa shape index (κ3) is 4.29. The van der Waals surface area contributed by atoms with Gasteiger partial charge in [0.1, 0.15) is 11.6 Å². The molecular weight excluding hydrogens is 288 g/mol. The van der Waals surface area contributed by atoms with Crippen LogP contribution in [0.4, 0.5) is 8.78 Å². The maximum Gasteiger partial charge on any atom is 0.136 e. The minimum atomic E-state index is -0.411. The fourth-order valence-electron chi connectivity index (χ4n) is 2.32. The number of rotatable bonds is 5. The number of thioether (sulfide) groups is 1. The van der Waals surface area contributed by atoms with Crippen LogP contribution in [0.1, 0.15) is 22.7 Å². The van der Waals surface area contributed by atoms with Crippen LogP contribution in [0.25, 0.3) is 0 Å². The predicted octanol–water partition coefficient (Wildman–Crippen LogP) is 4.63. The summed E-state index contributed by atoms with van der Waals surface area (Å²) >= 11 is 1.32. The lowest BCUT2D eigenvalue weighted by Crippen LogP contribution is -2.19. The van der Waals surface area contributed by atoms with E-state index in [2.05, 4.69) is 37.4 Å². The van der Waals surface area contributed by atoms with Gasteiger partial charge in [-0.25, -0.2) is 8.78 Å². The lowest BCUT2D eigenvalue weighted by Gasteiger charge is -2.18. The molecule has 0 amide bonds. The molecule has 1 atom stereocenters. The zero-order valence-electron chi connectivity index (χ0n) is 12.4. The predicted molar refractivity (Wildman–Crippen MR) is 84.8 cm³/mol. The summed E-state index contributed by atoms with van der Waals surface area (Å²) in [4.78, 5) is 0.347. The van der Waals surface area contributed by atoms with E-state index in [4.69, 9.17) is 0 Å². The van der Waals surface area contributed by atoms with Crippen LogP contribution < -0.4 is 5.32 Å². The topological polar surface area (TPSA) is 12.0 Å². The normalized spacial score (nSPS) is 12.4. The van der Waals surface area contributed by atoms with Crippen LogP contribution in [0, 0.1) is 25.5 Å². The second-order valence-electron chi connectivity index (χ2n) is 5.15. The van der Waals surface area contributed by atoms with E-state index in [1.54, 1.807) is 0 Å². The van der Waals surface area contributed by atoms with Gasteiger partial charge in [0.25, 0.3) is 0 Å². The van der Waals surface area contributed by atoms with Crippen molar-refractivity contribution in [2.75, 3.05) is 12.8 Å². The van der Waals surface area contributed by atoms with Crippen molar-refractivity contribution in [2.45, 2.75) is 24.8 Å². The molecule has 0 aliphatic heterocycles. The van der Waals surface area contributed by atoms with E-state index in [9.17, 15) is 8.78 Å². The second kappa shape index (κ2) is 7.05. The fourth-order valence-corrected chi connectivity index (χ4v) is 3.43. The van der Waals surface area contributed by atoms with E-state index in [0.29, 0.717) is 10.6 Å². The molecule has 2 aromatic carbocycles. The number of halogens is 2. The first-order valence-electron chi connectivity index (χ1n) is 6.83. The standard InChI is InChI=1S/C17H19F2NS/c1-11-6-12(2)8-13(7-11)16(20-3)10-21-17-9-14(18)4-5-15(17)19/h4-9,16,20H,10H2,1-3H3. The van der Waals surface area contributed by atoms with Gasteiger partial charge in [-0.1, -0.05) is 29.3 Å². The summed E-state index contributed by atoms with van der Waals surface area (Å²) in [5, 5.41) is 3.24. The van der Waals surface area contributed by atoms with Crippen molar-refractivity contribution in [3.8, 4) is 0 Å². The van der Waals surface area contributed by atoms with Crippen LogP contribution in [0.15, 0.2) is 41.3 Å². The summed E-state index contributed by atoms with van der Waals surface area (Å²) < 4.78 is 26.8. The first kappa shape index (κ1) is 16.0. The van der Waals surface area contributed by atoms with Crippen LogP contribution in [0.3, 0.4) is 0 Å². The number of aryl methyl sites for hydroxylation is 2. The first-order chi connectivity index (χ1) is 9.99. The van der Waals surface area contributed by atoms with Crippen LogP contribution >= 0.6 is 11.8 Å². The molecule has 0 radical (unpaired) electrons. The SMILES string of the molecule is CNC(CSc1cc(F)ccc1F)c1cc(C)cc(C)c1. The molecule has 0 heterocycles. The molecule has 1 unspecified atom stereocenters. The summed E-state index contributed by atoms with van der Waals surface area (Å²) in [6.07, 6.45) is 0. The maximum atomic E-state index is 13.6. The Balaban J connectivity index is 2.14. The van der Waals surface area contributed by atoms with Gasteiger partial charge in [0, 0.05) is 16.7 Å². The lowest BCUT2D eigenvalue weighted by molar-refractivity contribution is 0.576. The molecule has 0 fully saturated rings. The van der Waals surface area contributed by atoms with Gasteiger partial charge in [-0.05, 0) is 44.7 Å². The molecule has 1 nitrogen and oxygen atoms in total. The van der Waals surface area contributed by atoms with Gasteiger partial charge in [0.05, 0.1) is 0 Å². The molecule has 1 N–H and O–H groups in total. The van der Waals surface area contributed by atoms with Crippen molar-refractivity contribution in [1.82, 2.24) is 5.32 Å². The van der Waals surface area contributed by atoms with Crippen LogP contribution in [0.5, 0.6) is 0 Å². The summed E-state index contributed by atoms with van der Waals surface area (Å²) in [7, 11) is 1.88. The molecule has 0 spiro atoms. The van der Waals surface area contributed by atoms with E-state index in [0.717, 1.165) is 6.07 Å². The lowest BCUT2D eigenvalue weighted by atomic mass is 10.0. The minimum absolute atomic E-state index is 0.0938. The highest BCUT2D eigenvalue weighted by molar-refractivity contribution is 7.99. The molecule has 0 aromatic heterocycles. The minimum Gasteiger partial charge on any atom is -0.312 e. The van der Waals surface area contributed by atoms with Crippen LogP contribution in [0.2, 0.25) is 0 Å². The van der Waals surface area contributed by atoms with Crippen LogP contribution in [-0.2, 0) is 0 Å². The van der Waals surface area contributed by atoms with Gasteiger partial charge in [-0.15, -0.1) is 11.8 Å². The molecule has 0 saturated heterocycles. The van der Waals surface area contributed by atoms with Gasteiger partial charge in [-0.2, -0.15) is 0 Å². The molecule has 112 valence electrons. The van der Waals surface area contributed by atoms with E-state index < -0.39 is 5.82 Å². The smallest absolute Gasteiger partial charge is 0.136 e. The van der Waals surface area contributed by atoms with E-state index in [-0.39, 0.29) is 11.9 Å². The Bertz CT molecular complexity index is 608. The second-order valence-corrected chi connectivity index (χ2v) is 6.21. The first-order valence-corrected chi connectivity index (χ1v) is 7.81. The summed E-state index contributed by atoms with van der Waals surface area (Å²) in [6.45, 7) is 4.12. The largest absolute Gasteiger partial charge is 0.312 e. The zero-order valence-corrected chi connectivity index (χ0v) is 13.2.